The lowest BCUT2D eigenvalue weighted by molar-refractivity contribution is -0.123. The van der Waals surface area contributed by atoms with Crippen LogP contribution >= 0.6 is 22.7 Å². The van der Waals surface area contributed by atoms with E-state index in [0.29, 0.717) is 28.5 Å². The Kier molecular flexibility index (Phi) is 9.27. The summed E-state index contributed by atoms with van der Waals surface area (Å²) in [6.45, 7) is 0.681. The standard InChI is InChI=1S/C32H29N5O3S2/c33-32(34)36-24-12-8-21(9-13-24)19-35-31(39)29(37-30(38)28-17-16-27(42-28)26-7-4-18-41-26)23-10-14-25(15-11-23)40-20-22-5-2-1-3-6-22/h1-18,29H,19-20H2,(H,35,39)(H,37,38)(H4,33,34,36)/t29-/m0/s1. The van der Waals surface area contributed by atoms with E-state index >= 15 is 0 Å². The van der Waals surface area contributed by atoms with Gasteiger partial charge in [0, 0.05) is 16.3 Å². The first-order valence-corrected chi connectivity index (χ1v) is 14.8. The number of aliphatic imine (C=N–C) groups is 1. The second kappa shape index (κ2) is 13.6. The molecule has 212 valence electrons. The maximum Gasteiger partial charge on any atom is 0.262 e. The molecule has 0 aliphatic rings. The van der Waals surface area contributed by atoms with Crippen molar-refractivity contribution < 1.29 is 14.3 Å². The molecule has 5 aromatic rings. The van der Waals surface area contributed by atoms with Crippen LogP contribution in [0, 0.1) is 0 Å². The molecular weight excluding hydrogens is 567 g/mol. The van der Waals surface area contributed by atoms with E-state index in [-0.39, 0.29) is 24.3 Å². The number of carbonyl (C=O) groups is 2. The van der Waals surface area contributed by atoms with Crippen molar-refractivity contribution in [3.05, 3.63) is 130 Å². The van der Waals surface area contributed by atoms with Crippen LogP contribution in [-0.4, -0.2) is 17.8 Å². The molecule has 0 spiro atoms. The summed E-state index contributed by atoms with van der Waals surface area (Å²) >= 11 is 3.00. The first-order valence-electron chi connectivity index (χ1n) is 13.1. The van der Waals surface area contributed by atoms with Crippen molar-refractivity contribution in [1.82, 2.24) is 10.6 Å². The van der Waals surface area contributed by atoms with Gasteiger partial charge in [-0.05, 0) is 64.5 Å². The van der Waals surface area contributed by atoms with E-state index in [4.69, 9.17) is 16.2 Å². The predicted octanol–water partition coefficient (Wildman–Crippen LogP) is 5.75. The molecule has 0 bridgehead atoms. The molecule has 0 saturated carbocycles. The van der Waals surface area contributed by atoms with Gasteiger partial charge in [-0.1, -0.05) is 60.7 Å². The molecule has 1 atom stereocenters. The molecule has 0 fully saturated rings. The molecule has 2 amide bonds. The molecule has 0 aliphatic heterocycles. The molecule has 6 N–H and O–H groups in total. The number of guanidine groups is 1. The van der Waals surface area contributed by atoms with Crippen molar-refractivity contribution in [2.75, 3.05) is 0 Å². The van der Waals surface area contributed by atoms with E-state index in [9.17, 15) is 9.59 Å². The molecule has 0 unspecified atom stereocenters. The van der Waals surface area contributed by atoms with E-state index < -0.39 is 6.04 Å². The van der Waals surface area contributed by atoms with Gasteiger partial charge in [0.2, 0.25) is 5.91 Å². The quantitative estimate of drug-likeness (QED) is 0.114. The highest BCUT2D eigenvalue weighted by Gasteiger charge is 2.24. The molecule has 0 radical (unpaired) electrons. The Labute approximate surface area is 251 Å². The Morgan fingerprint density at radius 3 is 2.26 bits per heavy atom. The molecule has 3 aromatic carbocycles. The van der Waals surface area contributed by atoms with Crippen LogP contribution in [0.3, 0.4) is 0 Å². The number of nitrogens with one attached hydrogen (secondary N) is 2. The molecule has 2 aromatic heterocycles. The fraction of sp³-hybridized carbons (Fsp3) is 0.0938. The van der Waals surface area contributed by atoms with Crippen LogP contribution in [0.5, 0.6) is 5.75 Å². The fourth-order valence-corrected chi connectivity index (χ4v) is 5.88. The monoisotopic (exact) mass is 595 g/mol. The maximum atomic E-state index is 13.5. The van der Waals surface area contributed by atoms with Crippen LogP contribution in [0.1, 0.15) is 32.4 Å². The molecule has 2 heterocycles. The third-order valence-electron chi connectivity index (χ3n) is 6.25. The molecule has 0 aliphatic carbocycles. The van der Waals surface area contributed by atoms with E-state index in [1.165, 1.54) is 11.3 Å². The molecule has 5 rings (SSSR count). The highest BCUT2D eigenvalue weighted by molar-refractivity contribution is 7.22. The number of amides is 2. The third-order valence-corrected chi connectivity index (χ3v) is 8.40. The number of hydrogen-bond acceptors (Lipinski definition) is 6. The van der Waals surface area contributed by atoms with Crippen molar-refractivity contribution in [3.63, 3.8) is 0 Å². The van der Waals surface area contributed by atoms with Gasteiger partial charge in [-0.3, -0.25) is 9.59 Å². The highest BCUT2D eigenvalue weighted by atomic mass is 32.1. The van der Waals surface area contributed by atoms with Crippen molar-refractivity contribution in [2.24, 2.45) is 16.5 Å². The predicted molar refractivity (Wildman–Crippen MR) is 169 cm³/mol. The van der Waals surface area contributed by atoms with Crippen LogP contribution in [0.25, 0.3) is 9.75 Å². The van der Waals surface area contributed by atoms with Gasteiger partial charge in [-0.25, -0.2) is 4.99 Å². The van der Waals surface area contributed by atoms with Crippen LogP contribution in [0.15, 0.2) is 114 Å². The lowest BCUT2D eigenvalue weighted by Crippen LogP contribution is -2.40. The number of thiophene rings is 2. The van der Waals surface area contributed by atoms with Gasteiger partial charge in [0.25, 0.3) is 5.91 Å². The molecule has 42 heavy (non-hydrogen) atoms. The number of ether oxygens (including phenoxy) is 1. The smallest absolute Gasteiger partial charge is 0.262 e. The van der Waals surface area contributed by atoms with Gasteiger partial charge in [0.05, 0.1) is 10.6 Å². The van der Waals surface area contributed by atoms with Crippen LogP contribution in [0.2, 0.25) is 0 Å². The highest BCUT2D eigenvalue weighted by Crippen LogP contribution is 2.32. The Bertz CT molecular complexity index is 1640. The fourth-order valence-electron chi connectivity index (χ4n) is 4.14. The minimum Gasteiger partial charge on any atom is -0.489 e. The summed E-state index contributed by atoms with van der Waals surface area (Å²) in [5.41, 5.74) is 14.0. The summed E-state index contributed by atoms with van der Waals surface area (Å²) in [4.78, 5) is 33.4. The van der Waals surface area contributed by atoms with Crippen LogP contribution in [-0.2, 0) is 17.9 Å². The molecule has 8 nitrogen and oxygen atoms in total. The minimum absolute atomic E-state index is 0.0284. The minimum atomic E-state index is -0.922. The zero-order valence-electron chi connectivity index (χ0n) is 22.5. The molecular formula is C32H29N5O3S2. The summed E-state index contributed by atoms with van der Waals surface area (Å²) in [7, 11) is 0. The van der Waals surface area contributed by atoms with Gasteiger partial charge in [-0.2, -0.15) is 0 Å². The Morgan fingerprint density at radius 2 is 1.57 bits per heavy atom. The first kappa shape index (κ1) is 28.6. The SMILES string of the molecule is NC(N)=Nc1ccc(CNC(=O)[C@@H](NC(=O)c2ccc(-c3cccs3)s2)c2ccc(OCc3ccccc3)cc2)cc1. The van der Waals surface area contributed by atoms with Crippen molar-refractivity contribution in [3.8, 4) is 15.5 Å². The number of carbonyl (C=O) groups excluding carboxylic acids is 2. The van der Waals surface area contributed by atoms with E-state index in [1.807, 2.05) is 66.0 Å². The maximum absolute atomic E-state index is 13.5. The lowest BCUT2D eigenvalue weighted by atomic mass is 10.1. The number of benzene rings is 3. The summed E-state index contributed by atoms with van der Waals surface area (Å²) in [6, 6.07) is 31.0. The van der Waals surface area contributed by atoms with E-state index in [1.54, 1.807) is 53.8 Å². The van der Waals surface area contributed by atoms with Crippen LogP contribution in [0.4, 0.5) is 5.69 Å². The topological polar surface area (TPSA) is 132 Å². The summed E-state index contributed by atoms with van der Waals surface area (Å²) in [5, 5.41) is 7.86. The van der Waals surface area contributed by atoms with E-state index in [2.05, 4.69) is 15.6 Å². The average molecular weight is 596 g/mol. The normalized spacial score (nSPS) is 11.3. The molecule has 10 heteroatoms. The summed E-state index contributed by atoms with van der Waals surface area (Å²) < 4.78 is 5.90. The van der Waals surface area contributed by atoms with Gasteiger partial charge in [-0.15, -0.1) is 22.7 Å². The number of rotatable bonds is 11. The van der Waals surface area contributed by atoms with Gasteiger partial charge in [0.15, 0.2) is 5.96 Å². The van der Waals surface area contributed by atoms with E-state index in [0.717, 1.165) is 20.9 Å². The Balaban J connectivity index is 1.30. The van der Waals surface area contributed by atoms with Crippen molar-refractivity contribution in [2.45, 2.75) is 19.2 Å². The molecule has 0 saturated heterocycles. The first-order chi connectivity index (χ1) is 20.4. The summed E-state index contributed by atoms with van der Waals surface area (Å²) in [6.07, 6.45) is 0. The second-order valence-corrected chi connectivity index (χ2v) is 11.3. The largest absolute Gasteiger partial charge is 0.489 e. The van der Waals surface area contributed by atoms with Crippen molar-refractivity contribution in [1.29, 1.82) is 0 Å². The zero-order chi connectivity index (χ0) is 29.3. The second-order valence-electron chi connectivity index (χ2n) is 9.31. The van der Waals surface area contributed by atoms with Gasteiger partial charge >= 0.3 is 0 Å². The van der Waals surface area contributed by atoms with Crippen LogP contribution < -0.4 is 26.8 Å². The Morgan fingerprint density at radius 1 is 0.810 bits per heavy atom. The number of nitrogens with zero attached hydrogens (tertiary/aromatic N) is 1. The number of nitrogens with two attached hydrogens (primary N) is 2. The van der Waals surface area contributed by atoms with Gasteiger partial charge in [0.1, 0.15) is 18.4 Å². The lowest BCUT2D eigenvalue weighted by Gasteiger charge is -2.19. The number of hydrogen-bond donors (Lipinski definition) is 4. The Hall–Kier alpha value is -4.93. The average Bonchev–Trinajstić information content (AvgIpc) is 3.72. The summed E-state index contributed by atoms with van der Waals surface area (Å²) in [5.74, 6) is -0.0363. The third kappa shape index (κ3) is 7.62. The zero-order valence-corrected chi connectivity index (χ0v) is 24.2. The van der Waals surface area contributed by atoms with Gasteiger partial charge < -0.3 is 26.8 Å². The van der Waals surface area contributed by atoms with Crippen molar-refractivity contribution >= 4 is 46.1 Å².